The highest BCUT2D eigenvalue weighted by atomic mass is 16.5. The molecule has 0 amide bonds. The fourth-order valence-electron chi connectivity index (χ4n) is 8.87. The second kappa shape index (κ2) is 46.8. The SMILES string of the molecule is CCCCCCCCCCCCCCCCC(CCCCCCCCCCCCCCCC)(CCCCCCCCCCCCCCCC)C(=O)OC.N. The van der Waals surface area contributed by atoms with Crippen molar-refractivity contribution in [1.29, 1.82) is 0 Å². The molecule has 0 radical (unpaired) electrons. The molecule has 0 spiro atoms. The normalized spacial score (nSPS) is 11.6. The summed E-state index contributed by atoms with van der Waals surface area (Å²) in [5.41, 5.74) is -0.236. The van der Waals surface area contributed by atoms with Gasteiger partial charge in [0.2, 0.25) is 0 Å². The molecule has 0 heterocycles. The van der Waals surface area contributed by atoms with E-state index in [1.165, 1.54) is 270 Å². The van der Waals surface area contributed by atoms with Crippen molar-refractivity contribution in [2.24, 2.45) is 5.41 Å². The number of esters is 1. The van der Waals surface area contributed by atoms with Crippen LogP contribution in [0.15, 0.2) is 0 Å². The third kappa shape index (κ3) is 38.3. The molecule has 3 nitrogen and oxygen atoms in total. The Morgan fingerprint density at radius 1 is 0.296 bits per heavy atom. The van der Waals surface area contributed by atoms with Gasteiger partial charge in [-0.3, -0.25) is 4.79 Å². The minimum Gasteiger partial charge on any atom is -0.469 e. The molecule has 0 atom stereocenters. The molecule has 0 aromatic rings. The lowest BCUT2D eigenvalue weighted by Gasteiger charge is -2.31. The molecular formula is C51H105NO2. The smallest absolute Gasteiger partial charge is 0.311 e. The first kappa shape index (κ1) is 55.5. The molecule has 3 N–H and O–H groups in total. The fraction of sp³-hybridized carbons (Fsp3) is 0.980. The predicted molar refractivity (Wildman–Crippen MR) is 244 cm³/mol. The summed E-state index contributed by atoms with van der Waals surface area (Å²) >= 11 is 0. The van der Waals surface area contributed by atoms with Crippen LogP contribution in [0.25, 0.3) is 0 Å². The molecule has 0 fully saturated rings. The highest BCUT2D eigenvalue weighted by Gasteiger charge is 2.37. The van der Waals surface area contributed by atoms with Crippen molar-refractivity contribution in [3.63, 3.8) is 0 Å². The van der Waals surface area contributed by atoms with E-state index >= 15 is 0 Å². The Hall–Kier alpha value is -0.570. The van der Waals surface area contributed by atoms with E-state index in [1.807, 2.05) is 0 Å². The first-order valence-corrected chi connectivity index (χ1v) is 25.2. The topological polar surface area (TPSA) is 61.3 Å². The number of methoxy groups -OCH3 is 1. The zero-order chi connectivity index (χ0) is 38.6. The minimum atomic E-state index is -0.236. The van der Waals surface area contributed by atoms with E-state index in [0.717, 1.165) is 19.3 Å². The maximum atomic E-state index is 13.5. The Kier molecular flexibility index (Phi) is 48.1. The van der Waals surface area contributed by atoms with Gasteiger partial charge in [-0.05, 0) is 19.3 Å². The van der Waals surface area contributed by atoms with Gasteiger partial charge in [0, 0.05) is 0 Å². The van der Waals surface area contributed by atoms with Gasteiger partial charge < -0.3 is 10.9 Å². The van der Waals surface area contributed by atoms with E-state index in [2.05, 4.69) is 20.8 Å². The molecule has 0 aromatic heterocycles. The van der Waals surface area contributed by atoms with Gasteiger partial charge >= 0.3 is 5.97 Å². The molecule has 3 heteroatoms. The summed E-state index contributed by atoms with van der Waals surface area (Å²) in [6, 6.07) is 0. The van der Waals surface area contributed by atoms with Crippen LogP contribution in [0, 0.1) is 5.41 Å². The maximum absolute atomic E-state index is 13.5. The minimum absolute atomic E-state index is 0. The van der Waals surface area contributed by atoms with Gasteiger partial charge in [-0.1, -0.05) is 290 Å². The maximum Gasteiger partial charge on any atom is 0.311 e. The highest BCUT2D eigenvalue weighted by Crippen LogP contribution is 2.39. The summed E-state index contributed by atoms with van der Waals surface area (Å²) in [4.78, 5) is 13.5. The second-order valence-corrected chi connectivity index (χ2v) is 17.8. The zero-order valence-electron chi connectivity index (χ0n) is 38.3. The number of hydrogen-bond acceptors (Lipinski definition) is 3. The van der Waals surface area contributed by atoms with Crippen LogP contribution in [-0.4, -0.2) is 13.1 Å². The summed E-state index contributed by atoms with van der Waals surface area (Å²) in [6.07, 6.45) is 61.4. The quantitative estimate of drug-likeness (QED) is 0.0496. The Balaban J connectivity index is 0. The summed E-state index contributed by atoms with van der Waals surface area (Å²) in [6.45, 7) is 6.91. The van der Waals surface area contributed by atoms with Crippen LogP contribution in [0.5, 0.6) is 0 Å². The van der Waals surface area contributed by atoms with Gasteiger partial charge in [-0.25, -0.2) is 0 Å². The molecule has 326 valence electrons. The molecule has 0 bridgehead atoms. The first-order chi connectivity index (χ1) is 26.2. The van der Waals surface area contributed by atoms with E-state index in [-0.39, 0.29) is 17.5 Å². The van der Waals surface area contributed by atoms with E-state index in [1.54, 1.807) is 7.11 Å². The second-order valence-electron chi connectivity index (χ2n) is 17.8. The van der Waals surface area contributed by atoms with Gasteiger partial charge in [-0.15, -0.1) is 0 Å². The van der Waals surface area contributed by atoms with Crippen molar-refractivity contribution in [2.45, 2.75) is 310 Å². The van der Waals surface area contributed by atoms with E-state index in [4.69, 9.17) is 4.74 Å². The van der Waals surface area contributed by atoms with Gasteiger partial charge in [0.1, 0.15) is 0 Å². The van der Waals surface area contributed by atoms with Crippen LogP contribution >= 0.6 is 0 Å². The van der Waals surface area contributed by atoms with Gasteiger partial charge in [-0.2, -0.15) is 0 Å². The van der Waals surface area contributed by atoms with Crippen molar-refractivity contribution in [2.75, 3.05) is 7.11 Å². The van der Waals surface area contributed by atoms with Crippen LogP contribution in [0.4, 0.5) is 0 Å². The van der Waals surface area contributed by atoms with Crippen molar-refractivity contribution in [3.8, 4) is 0 Å². The van der Waals surface area contributed by atoms with E-state index < -0.39 is 0 Å². The first-order valence-electron chi connectivity index (χ1n) is 25.2. The molecule has 0 saturated heterocycles. The monoisotopic (exact) mass is 764 g/mol. The summed E-state index contributed by atoms with van der Waals surface area (Å²) in [5, 5.41) is 0. The molecule has 0 aliphatic rings. The van der Waals surface area contributed by atoms with Crippen molar-refractivity contribution >= 4 is 5.97 Å². The molecule has 0 rings (SSSR count). The number of hydrogen-bond donors (Lipinski definition) is 1. The lowest BCUT2D eigenvalue weighted by atomic mass is 9.74. The standard InChI is InChI=1S/C51H102O2.H3N/c1-5-8-11-14-17-20-23-26-29-32-35-38-41-44-47-51(50(52)53-4,48-45-42-39-36-33-30-27-24-21-18-15-12-9-6-2)49-46-43-40-37-34-31-28-25-22-19-16-13-10-7-3;/h5-49H2,1-4H3;1H3. The van der Waals surface area contributed by atoms with Crippen LogP contribution in [0.1, 0.15) is 310 Å². The number of unbranched alkanes of at least 4 members (excludes halogenated alkanes) is 39. The fourth-order valence-corrected chi connectivity index (χ4v) is 8.87. The predicted octanol–water partition coefficient (Wildman–Crippen LogP) is 18.9. The van der Waals surface area contributed by atoms with Crippen molar-refractivity contribution in [3.05, 3.63) is 0 Å². The number of carbonyl (C=O) groups is 1. The molecule has 54 heavy (non-hydrogen) atoms. The Morgan fingerprint density at radius 3 is 0.593 bits per heavy atom. The average Bonchev–Trinajstić information content (AvgIpc) is 3.17. The third-order valence-electron chi connectivity index (χ3n) is 12.6. The van der Waals surface area contributed by atoms with Gasteiger partial charge in [0.05, 0.1) is 12.5 Å². The number of ether oxygens (including phenoxy) is 1. The molecule has 0 aliphatic heterocycles. The highest BCUT2D eigenvalue weighted by molar-refractivity contribution is 5.76. The summed E-state index contributed by atoms with van der Waals surface area (Å²) in [7, 11) is 1.65. The van der Waals surface area contributed by atoms with Crippen LogP contribution in [0.3, 0.4) is 0 Å². The Bertz CT molecular complexity index is 614. The van der Waals surface area contributed by atoms with Gasteiger partial charge in [0.25, 0.3) is 0 Å². The molecule has 0 saturated carbocycles. The van der Waals surface area contributed by atoms with E-state index in [9.17, 15) is 4.79 Å². The number of carbonyl (C=O) groups excluding carboxylic acids is 1. The van der Waals surface area contributed by atoms with E-state index in [0.29, 0.717) is 0 Å². The lowest BCUT2D eigenvalue weighted by molar-refractivity contribution is -0.154. The Labute approximate surface area is 342 Å². The molecular weight excluding hydrogens is 659 g/mol. The molecule has 0 unspecified atom stereocenters. The van der Waals surface area contributed by atoms with Crippen LogP contribution < -0.4 is 6.15 Å². The lowest BCUT2D eigenvalue weighted by Crippen LogP contribution is -2.32. The average molecular weight is 764 g/mol. The zero-order valence-corrected chi connectivity index (χ0v) is 38.3. The van der Waals surface area contributed by atoms with Gasteiger partial charge in [0.15, 0.2) is 0 Å². The number of rotatable bonds is 46. The molecule has 0 aromatic carbocycles. The molecule has 0 aliphatic carbocycles. The van der Waals surface area contributed by atoms with Crippen LogP contribution in [0.2, 0.25) is 0 Å². The largest absolute Gasteiger partial charge is 0.469 e. The Morgan fingerprint density at radius 2 is 0.444 bits per heavy atom. The van der Waals surface area contributed by atoms with Crippen molar-refractivity contribution < 1.29 is 9.53 Å². The van der Waals surface area contributed by atoms with Crippen LogP contribution in [-0.2, 0) is 9.53 Å². The third-order valence-corrected chi connectivity index (χ3v) is 12.6. The summed E-state index contributed by atoms with van der Waals surface area (Å²) in [5.74, 6) is 0.108. The van der Waals surface area contributed by atoms with Crippen molar-refractivity contribution in [1.82, 2.24) is 6.15 Å². The summed E-state index contributed by atoms with van der Waals surface area (Å²) < 4.78 is 5.59.